The summed E-state index contributed by atoms with van der Waals surface area (Å²) >= 11 is 1.86. The Kier molecular flexibility index (Phi) is 6.83. The maximum absolute atomic E-state index is 12.3. The summed E-state index contributed by atoms with van der Waals surface area (Å²) in [6, 6.07) is 27.9. The SMILES string of the molecule is C/C(=N/NC(=O)c1ccc(CSCc2ccccc2)cc1)c1ccccc1. The van der Waals surface area contributed by atoms with Crippen LogP contribution in [0.2, 0.25) is 0 Å². The smallest absolute Gasteiger partial charge is 0.267 e. The first kappa shape index (κ1) is 18.9. The zero-order valence-corrected chi connectivity index (χ0v) is 16.1. The van der Waals surface area contributed by atoms with E-state index in [0.717, 1.165) is 22.8 Å². The molecule has 3 aromatic rings. The zero-order valence-electron chi connectivity index (χ0n) is 15.3. The first-order chi connectivity index (χ1) is 13.2. The van der Waals surface area contributed by atoms with Crippen molar-refractivity contribution in [3.8, 4) is 0 Å². The maximum Gasteiger partial charge on any atom is 0.271 e. The molecule has 0 aliphatic carbocycles. The standard InChI is InChI=1S/C23H22N2OS/c1-18(21-10-6-3-7-11-21)24-25-23(26)22-14-12-20(13-15-22)17-27-16-19-8-4-2-5-9-19/h2-15H,16-17H2,1H3,(H,25,26)/b24-18-. The summed E-state index contributed by atoms with van der Waals surface area (Å²) in [4.78, 5) is 12.3. The van der Waals surface area contributed by atoms with Crippen LogP contribution in [0.15, 0.2) is 90.0 Å². The molecule has 0 aliphatic heterocycles. The summed E-state index contributed by atoms with van der Waals surface area (Å²) in [5, 5.41) is 4.19. The Hall–Kier alpha value is -2.85. The lowest BCUT2D eigenvalue weighted by atomic mass is 10.1. The van der Waals surface area contributed by atoms with Crippen molar-refractivity contribution in [2.24, 2.45) is 5.10 Å². The summed E-state index contributed by atoms with van der Waals surface area (Å²) in [5.74, 6) is 1.70. The maximum atomic E-state index is 12.3. The normalized spacial score (nSPS) is 11.2. The number of nitrogens with zero attached hydrogens (tertiary/aromatic N) is 1. The number of rotatable bonds is 7. The number of hydrogen-bond acceptors (Lipinski definition) is 3. The highest BCUT2D eigenvalue weighted by Gasteiger charge is 2.05. The molecular formula is C23H22N2OS. The third-order valence-corrected chi connectivity index (χ3v) is 5.19. The van der Waals surface area contributed by atoms with Gasteiger partial charge >= 0.3 is 0 Å². The van der Waals surface area contributed by atoms with E-state index in [-0.39, 0.29) is 5.91 Å². The fraction of sp³-hybridized carbons (Fsp3) is 0.130. The topological polar surface area (TPSA) is 41.5 Å². The molecule has 136 valence electrons. The van der Waals surface area contributed by atoms with Gasteiger partial charge in [-0.3, -0.25) is 4.79 Å². The Morgan fingerprint density at radius 2 is 1.33 bits per heavy atom. The van der Waals surface area contributed by atoms with Gasteiger partial charge in [-0.25, -0.2) is 5.43 Å². The number of thioether (sulfide) groups is 1. The molecule has 3 nitrogen and oxygen atoms in total. The van der Waals surface area contributed by atoms with E-state index in [9.17, 15) is 4.79 Å². The number of benzene rings is 3. The zero-order chi connectivity index (χ0) is 18.9. The van der Waals surface area contributed by atoms with E-state index in [2.05, 4.69) is 34.8 Å². The lowest BCUT2D eigenvalue weighted by molar-refractivity contribution is 0.0955. The van der Waals surface area contributed by atoms with Crippen molar-refractivity contribution in [2.75, 3.05) is 0 Å². The van der Waals surface area contributed by atoms with Crippen LogP contribution in [0.25, 0.3) is 0 Å². The molecule has 0 saturated carbocycles. The molecule has 0 aliphatic rings. The summed E-state index contributed by atoms with van der Waals surface area (Å²) in [6.45, 7) is 1.88. The fourth-order valence-electron chi connectivity index (χ4n) is 2.56. The van der Waals surface area contributed by atoms with Crippen LogP contribution >= 0.6 is 11.8 Å². The minimum Gasteiger partial charge on any atom is -0.267 e. The first-order valence-corrected chi connectivity index (χ1v) is 9.98. The summed E-state index contributed by atoms with van der Waals surface area (Å²) in [7, 11) is 0. The van der Waals surface area contributed by atoms with Gasteiger partial charge in [0.05, 0.1) is 5.71 Å². The summed E-state index contributed by atoms with van der Waals surface area (Å²) in [5.41, 5.74) is 7.53. The van der Waals surface area contributed by atoms with Gasteiger partial charge in [-0.2, -0.15) is 16.9 Å². The highest BCUT2D eigenvalue weighted by Crippen LogP contribution is 2.18. The molecule has 4 heteroatoms. The molecule has 0 radical (unpaired) electrons. The average Bonchev–Trinajstić information content (AvgIpc) is 2.73. The van der Waals surface area contributed by atoms with Gasteiger partial charge in [0, 0.05) is 17.1 Å². The van der Waals surface area contributed by atoms with Gasteiger partial charge in [0.1, 0.15) is 0 Å². The van der Waals surface area contributed by atoms with Gasteiger partial charge in [0.2, 0.25) is 0 Å². The van der Waals surface area contributed by atoms with Gasteiger partial charge in [0.25, 0.3) is 5.91 Å². The van der Waals surface area contributed by atoms with Gasteiger partial charge in [-0.1, -0.05) is 72.8 Å². The quantitative estimate of drug-likeness (QED) is 0.452. The molecule has 0 unspecified atom stereocenters. The highest BCUT2D eigenvalue weighted by molar-refractivity contribution is 7.97. The third kappa shape index (κ3) is 5.83. The Morgan fingerprint density at radius 3 is 1.96 bits per heavy atom. The van der Waals surface area contributed by atoms with Crippen LogP contribution in [0.4, 0.5) is 0 Å². The molecule has 3 rings (SSSR count). The minimum absolute atomic E-state index is 0.200. The van der Waals surface area contributed by atoms with Crippen molar-refractivity contribution in [3.05, 3.63) is 107 Å². The number of nitrogens with one attached hydrogen (secondary N) is 1. The number of hydrazone groups is 1. The van der Waals surface area contributed by atoms with E-state index in [1.54, 1.807) is 0 Å². The predicted molar refractivity (Wildman–Crippen MR) is 114 cm³/mol. The largest absolute Gasteiger partial charge is 0.271 e. The Labute approximate surface area is 164 Å². The molecule has 0 aromatic heterocycles. The summed E-state index contributed by atoms with van der Waals surface area (Å²) < 4.78 is 0. The molecule has 1 N–H and O–H groups in total. The van der Waals surface area contributed by atoms with Crippen LogP contribution < -0.4 is 5.43 Å². The second-order valence-corrected chi connectivity index (χ2v) is 7.17. The van der Waals surface area contributed by atoms with E-state index in [1.807, 2.05) is 79.3 Å². The third-order valence-electron chi connectivity index (χ3n) is 4.11. The molecule has 0 heterocycles. The monoisotopic (exact) mass is 374 g/mol. The minimum atomic E-state index is -0.200. The van der Waals surface area contributed by atoms with E-state index in [4.69, 9.17) is 0 Å². The lowest BCUT2D eigenvalue weighted by Crippen LogP contribution is -2.19. The van der Waals surface area contributed by atoms with Gasteiger partial charge in [-0.05, 0) is 35.7 Å². The van der Waals surface area contributed by atoms with Gasteiger partial charge < -0.3 is 0 Å². The van der Waals surface area contributed by atoms with Crippen LogP contribution in [0.5, 0.6) is 0 Å². The van der Waals surface area contributed by atoms with E-state index < -0.39 is 0 Å². The lowest BCUT2D eigenvalue weighted by Gasteiger charge is -2.05. The molecule has 1 amide bonds. The van der Waals surface area contributed by atoms with E-state index in [1.165, 1.54) is 11.1 Å². The molecule has 27 heavy (non-hydrogen) atoms. The Balaban J connectivity index is 1.51. The van der Waals surface area contributed by atoms with Crippen molar-refractivity contribution >= 4 is 23.4 Å². The predicted octanol–water partition coefficient (Wildman–Crippen LogP) is 5.27. The molecule has 0 atom stereocenters. The molecule has 0 fully saturated rings. The summed E-state index contributed by atoms with van der Waals surface area (Å²) in [6.07, 6.45) is 0. The van der Waals surface area contributed by atoms with E-state index in [0.29, 0.717) is 5.56 Å². The number of hydrogen-bond donors (Lipinski definition) is 1. The van der Waals surface area contributed by atoms with Crippen LogP contribution in [-0.2, 0) is 11.5 Å². The Bertz CT molecular complexity index is 891. The number of carbonyl (C=O) groups excluding carboxylic acids is 1. The number of amides is 1. The first-order valence-electron chi connectivity index (χ1n) is 8.83. The molecular weight excluding hydrogens is 352 g/mol. The van der Waals surface area contributed by atoms with Crippen molar-refractivity contribution in [3.63, 3.8) is 0 Å². The van der Waals surface area contributed by atoms with Crippen molar-refractivity contribution in [1.82, 2.24) is 5.43 Å². The van der Waals surface area contributed by atoms with Crippen LogP contribution in [0, 0.1) is 0 Å². The highest BCUT2D eigenvalue weighted by atomic mass is 32.2. The van der Waals surface area contributed by atoms with Crippen LogP contribution in [0.3, 0.4) is 0 Å². The van der Waals surface area contributed by atoms with Crippen molar-refractivity contribution < 1.29 is 4.79 Å². The molecule has 3 aromatic carbocycles. The second-order valence-electron chi connectivity index (χ2n) is 6.18. The van der Waals surface area contributed by atoms with Crippen molar-refractivity contribution in [1.29, 1.82) is 0 Å². The number of carbonyl (C=O) groups is 1. The van der Waals surface area contributed by atoms with Crippen molar-refractivity contribution in [2.45, 2.75) is 18.4 Å². The van der Waals surface area contributed by atoms with Gasteiger partial charge in [0.15, 0.2) is 0 Å². The molecule has 0 spiro atoms. The second kappa shape index (κ2) is 9.74. The molecule has 0 saturated heterocycles. The van der Waals surface area contributed by atoms with Gasteiger partial charge in [-0.15, -0.1) is 0 Å². The van der Waals surface area contributed by atoms with E-state index >= 15 is 0 Å². The fourth-order valence-corrected chi connectivity index (χ4v) is 3.51. The Morgan fingerprint density at radius 1 is 0.778 bits per heavy atom. The van der Waals surface area contributed by atoms with Crippen LogP contribution in [-0.4, -0.2) is 11.6 Å². The average molecular weight is 375 g/mol. The van der Waals surface area contributed by atoms with Crippen LogP contribution in [0.1, 0.15) is 34.0 Å². The molecule has 0 bridgehead atoms.